The van der Waals surface area contributed by atoms with E-state index in [1.54, 1.807) is 18.2 Å². The van der Waals surface area contributed by atoms with Gasteiger partial charge in [-0.3, -0.25) is 4.79 Å². The fourth-order valence-corrected chi connectivity index (χ4v) is 3.13. The summed E-state index contributed by atoms with van der Waals surface area (Å²) in [6, 6.07) is 7.03. The van der Waals surface area contributed by atoms with E-state index in [0.717, 1.165) is 0 Å². The maximum Gasteiger partial charge on any atom is 0.268 e. The first kappa shape index (κ1) is 15.1. The van der Waals surface area contributed by atoms with Crippen molar-refractivity contribution in [2.75, 3.05) is 11.5 Å². The molecule has 1 aromatic heterocycles. The molecule has 0 atom stereocenters. The van der Waals surface area contributed by atoms with Crippen LogP contribution in [-0.2, 0) is 0 Å². The molecule has 2 aromatic rings. The second-order valence-electron chi connectivity index (χ2n) is 4.07. The van der Waals surface area contributed by atoms with Crippen molar-refractivity contribution in [2.45, 2.75) is 0 Å². The summed E-state index contributed by atoms with van der Waals surface area (Å²) < 4.78 is 1.24. The zero-order chi connectivity index (χ0) is 15.7. The number of nitrogens with one attached hydrogen (secondary N) is 1. The summed E-state index contributed by atoms with van der Waals surface area (Å²) in [4.78, 5) is 14.2. The summed E-state index contributed by atoms with van der Waals surface area (Å²) in [7, 11) is 0. The third-order valence-corrected chi connectivity index (χ3v) is 3.95. The Bertz CT molecular complexity index is 889. The molecule has 0 fully saturated rings. The molecule has 2 rings (SSSR count). The van der Waals surface area contributed by atoms with Crippen molar-refractivity contribution < 1.29 is 0 Å². The number of anilines is 2. The standard InChI is InChI=1S/C13H7Br2N5O/c14-5-1-6(11(18)9(15)2-5)10-7(3-16)12(19)20-13(21)8(10)4-17/h1-2H,18H2,(H3,19,20,21). The van der Waals surface area contributed by atoms with Crippen molar-refractivity contribution in [2.24, 2.45) is 0 Å². The molecule has 21 heavy (non-hydrogen) atoms. The average Bonchev–Trinajstić information content (AvgIpc) is 2.42. The largest absolute Gasteiger partial charge is 0.397 e. The van der Waals surface area contributed by atoms with Crippen LogP contribution in [0.5, 0.6) is 0 Å². The molecule has 8 heteroatoms. The second-order valence-corrected chi connectivity index (χ2v) is 5.84. The summed E-state index contributed by atoms with van der Waals surface area (Å²) in [5.41, 5.74) is 11.6. The Morgan fingerprint density at radius 2 is 1.71 bits per heavy atom. The highest BCUT2D eigenvalue weighted by Gasteiger charge is 2.21. The predicted octanol–water partition coefficient (Wildman–Crippen LogP) is 2.47. The van der Waals surface area contributed by atoms with Crippen LogP contribution in [0.3, 0.4) is 0 Å². The lowest BCUT2D eigenvalue weighted by atomic mass is 9.95. The lowest BCUT2D eigenvalue weighted by Crippen LogP contribution is -2.16. The number of aromatic amines is 1. The smallest absolute Gasteiger partial charge is 0.268 e. The van der Waals surface area contributed by atoms with Crippen LogP contribution in [0.2, 0.25) is 0 Å². The summed E-state index contributed by atoms with van der Waals surface area (Å²) in [6.45, 7) is 0. The maximum atomic E-state index is 11.9. The first-order chi connectivity index (χ1) is 9.90. The fourth-order valence-electron chi connectivity index (χ4n) is 1.90. The van der Waals surface area contributed by atoms with Crippen molar-refractivity contribution in [3.63, 3.8) is 0 Å². The Morgan fingerprint density at radius 3 is 2.29 bits per heavy atom. The van der Waals surface area contributed by atoms with Gasteiger partial charge in [0, 0.05) is 20.1 Å². The molecule has 6 nitrogen and oxygen atoms in total. The molecule has 0 bridgehead atoms. The number of halogens is 2. The molecule has 5 N–H and O–H groups in total. The van der Waals surface area contributed by atoms with Crippen LogP contribution in [0.15, 0.2) is 25.9 Å². The van der Waals surface area contributed by atoms with E-state index >= 15 is 0 Å². The number of nitrogens with zero attached hydrogens (tertiary/aromatic N) is 2. The first-order valence-electron chi connectivity index (χ1n) is 5.51. The van der Waals surface area contributed by atoms with Gasteiger partial charge in [0.25, 0.3) is 5.56 Å². The number of nitrogen functional groups attached to an aromatic ring is 2. The van der Waals surface area contributed by atoms with Crippen molar-refractivity contribution in [3.8, 4) is 23.3 Å². The van der Waals surface area contributed by atoms with Crippen LogP contribution in [0.25, 0.3) is 11.1 Å². The zero-order valence-corrected chi connectivity index (χ0v) is 13.5. The Kier molecular flexibility index (Phi) is 4.03. The fraction of sp³-hybridized carbons (Fsp3) is 0. The molecular weight excluding hydrogens is 402 g/mol. The van der Waals surface area contributed by atoms with Gasteiger partial charge in [0.2, 0.25) is 0 Å². The van der Waals surface area contributed by atoms with Gasteiger partial charge in [-0.2, -0.15) is 10.5 Å². The van der Waals surface area contributed by atoms with E-state index in [1.807, 2.05) is 6.07 Å². The molecule has 1 aromatic carbocycles. The molecule has 0 saturated heterocycles. The van der Waals surface area contributed by atoms with Crippen molar-refractivity contribution in [1.82, 2.24) is 4.98 Å². The summed E-state index contributed by atoms with van der Waals surface area (Å²) in [6.07, 6.45) is 0. The normalized spacial score (nSPS) is 9.90. The molecule has 0 amide bonds. The second kappa shape index (κ2) is 5.60. The molecule has 0 spiro atoms. The number of hydrogen-bond acceptors (Lipinski definition) is 5. The summed E-state index contributed by atoms with van der Waals surface area (Å²) in [5.74, 6) is -0.105. The van der Waals surface area contributed by atoms with E-state index in [4.69, 9.17) is 11.5 Å². The average molecular weight is 409 g/mol. The topological polar surface area (TPSA) is 132 Å². The van der Waals surface area contributed by atoms with Gasteiger partial charge in [-0.05, 0) is 28.1 Å². The van der Waals surface area contributed by atoms with Crippen molar-refractivity contribution >= 4 is 43.4 Å². The Hall–Kier alpha value is -2.29. The van der Waals surface area contributed by atoms with Crippen LogP contribution in [-0.4, -0.2) is 4.98 Å². The van der Waals surface area contributed by atoms with E-state index in [9.17, 15) is 15.3 Å². The summed E-state index contributed by atoms with van der Waals surface area (Å²) >= 11 is 6.59. The van der Waals surface area contributed by atoms with E-state index in [1.165, 1.54) is 0 Å². The molecule has 0 aliphatic heterocycles. The third kappa shape index (κ3) is 2.51. The quantitative estimate of drug-likeness (QED) is 0.623. The minimum Gasteiger partial charge on any atom is -0.397 e. The number of nitrogens with two attached hydrogens (primary N) is 2. The SMILES string of the molecule is N#Cc1c(N)[nH]c(=O)c(C#N)c1-c1cc(Br)cc(Br)c1N. The Balaban J connectivity index is 3.04. The van der Waals surface area contributed by atoms with Gasteiger partial charge >= 0.3 is 0 Å². The number of H-pyrrole nitrogens is 1. The highest BCUT2D eigenvalue weighted by molar-refractivity contribution is 9.11. The predicted molar refractivity (Wildman–Crippen MR) is 86.2 cm³/mol. The van der Waals surface area contributed by atoms with E-state index in [-0.39, 0.29) is 22.5 Å². The number of pyridine rings is 1. The van der Waals surface area contributed by atoms with E-state index in [0.29, 0.717) is 20.2 Å². The van der Waals surface area contributed by atoms with Crippen LogP contribution < -0.4 is 17.0 Å². The Labute approximate surface area is 136 Å². The van der Waals surface area contributed by atoms with Gasteiger partial charge in [-0.1, -0.05) is 15.9 Å². The minimum atomic E-state index is -0.667. The van der Waals surface area contributed by atoms with Gasteiger partial charge < -0.3 is 16.5 Å². The number of hydrogen-bond donors (Lipinski definition) is 3. The number of aromatic nitrogens is 1. The van der Waals surface area contributed by atoms with Crippen LogP contribution in [0, 0.1) is 22.7 Å². The van der Waals surface area contributed by atoms with E-state index < -0.39 is 5.56 Å². The molecule has 0 saturated carbocycles. The maximum absolute atomic E-state index is 11.9. The monoisotopic (exact) mass is 407 g/mol. The lowest BCUT2D eigenvalue weighted by molar-refractivity contribution is 1.21. The molecule has 1 heterocycles. The minimum absolute atomic E-state index is 0.00264. The molecule has 0 radical (unpaired) electrons. The number of benzene rings is 1. The molecule has 104 valence electrons. The van der Waals surface area contributed by atoms with Crippen LogP contribution in [0.1, 0.15) is 11.1 Å². The highest BCUT2D eigenvalue weighted by Crippen LogP contribution is 2.38. The zero-order valence-electron chi connectivity index (χ0n) is 10.4. The number of nitriles is 2. The Morgan fingerprint density at radius 1 is 1.10 bits per heavy atom. The van der Waals surface area contributed by atoms with Crippen LogP contribution in [0.4, 0.5) is 11.5 Å². The molecule has 0 aliphatic carbocycles. The van der Waals surface area contributed by atoms with Gasteiger partial charge in [-0.25, -0.2) is 0 Å². The lowest BCUT2D eigenvalue weighted by Gasteiger charge is -2.12. The molecule has 0 unspecified atom stereocenters. The van der Waals surface area contributed by atoms with Gasteiger partial charge in [0.15, 0.2) is 0 Å². The van der Waals surface area contributed by atoms with Gasteiger partial charge in [-0.15, -0.1) is 0 Å². The van der Waals surface area contributed by atoms with Crippen molar-refractivity contribution in [1.29, 1.82) is 10.5 Å². The van der Waals surface area contributed by atoms with Gasteiger partial charge in [0.1, 0.15) is 29.1 Å². The third-order valence-electron chi connectivity index (χ3n) is 2.83. The summed E-state index contributed by atoms with van der Waals surface area (Å²) in [5, 5.41) is 18.5. The highest BCUT2D eigenvalue weighted by atomic mass is 79.9. The first-order valence-corrected chi connectivity index (χ1v) is 7.10. The molecule has 0 aliphatic rings. The van der Waals surface area contributed by atoms with Crippen LogP contribution >= 0.6 is 31.9 Å². The van der Waals surface area contributed by atoms with Gasteiger partial charge in [0.05, 0.1) is 5.69 Å². The molecular formula is C13H7Br2N5O. The number of rotatable bonds is 1. The van der Waals surface area contributed by atoms with Crippen molar-refractivity contribution in [3.05, 3.63) is 42.6 Å². The van der Waals surface area contributed by atoms with E-state index in [2.05, 4.69) is 36.8 Å².